The Kier molecular flexibility index (Phi) is 7.38. The number of carbonyl (C=O) groups is 2. The van der Waals surface area contributed by atoms with Crippen molar-refractivity contribution in [3.8, 4) is 0 Å². The molecule has 0 aromatic heterocycles. The molecule has 1 amide bonds. The Balaban J connectivity index is 2.23. The van der Waals surface area contributed by atoms with E-state index in [1.54, 1.807) is 19.9 Å². The third-order valence-electron chi connectivity index (χ3n) is 4.71. The van der Waals surface area contributed by atoms with Gasteiger partial charge in [0.2, 0.25) is 10.0 Å². The summed E-state index contributed by atoms with van der Waals surface area (Å²) in [6.45, 7) is 4.58. The third kappa shape index (κ3) is 5.29. The van der Waals surface area contributed by atoms with Crippen LogP contribution in [0.3, 0.4) is 0 Å². The van der Waals surface area contributed by atoms with Crippen LogP contribution in [0, 0.1) is 5.92 Å². The zero-order valence-corrected chi connectivity index (χ0v) is 16.9. The number of sulfonamides is 1. The lowest BCUT2D eigenvalue weighted by Crippen LogP contribution is -2.45. The SMILES string of the molecule is COC(=O)[C@@H](NC(=O)c1cccc(S(=O)(=O)N2CCCCCC2)c1)C(C)C. The maximum atomic E-state index is 12.9. The maximum Gasteiger partial charge on any atom is 0.328 e. The van der Waals surface area contributed by atoms with Crippen molar-refractivity contribution in [1.82, 2.24) is 9.62 Å². The smallest absolute Gasteiger partial charge is 0.328 e. The number of amides is 1. The molecule has 1 aromatic rings. The van der Waals surface area contributed by atoms with Crippen molar-refractivity contribution in [2.75, 3.05) is 20.2 Å². The van der Waals surface area contributed by atoms with Gasteiger partial charge < -0.3 is 10.1 Å². The van der Waals surface area contributed by atoms with Crippen molar-refractivity contribution < 1.29 is 22.7 Å². The molecule has 150 valence electrons. The van der Waals surface area contributed by atoms with Crippen LogP contribution in [-0.4, -0.2) is 50.8 Å². The number of methoxy groups -OCH3 is 1. The number of benzene rings is 1. The Labute approximate surface area is 161 Å². The average Bonchev–Trinajstić information content (AvgIpc) is 2.95. The molecule has 1 heterocycles. The summed E-state index contributed by atoms with van der Waals surface area (Å²) in [7, 11) is -2.38. The molecule has 1 N–H and O–H groups in total. The first-order valence-corrected chi connectivity index (χ1v) is 10.7. The highest BCUT2D eigenvalue weighted by atomic mass is 32.2. The van der Waals surface area contributed by atoms with Crippen LogP contribution < -0.4 is 5.32 Å². The quantitative estimate of drug-likeness (QED) is 0.744. The molecular formula is C19H28N2O5S. The largest absolute Gasteiger partial charge is 0.467 e. The topological polar surface area (TPSA) is 92.8 Å². The van der Waals surface area contributed by atoms with E-state index < -0.39 is 27.9 Å². The minimum atomic E-state index is -3.65. The van der Waals surface area contributed by atoms with E-state index in [1.807, 2.05) is 0 Å². The van der Waals surface area contributed by atoms with Gasteiger partial charge in [-0.15, -0.1) is 0 Å². The normalized spacial score (nSPS) is 17.2. The standard InChI is InChI=1S/C19H28N2O5S/c1-14(2)17(19(23)26-3)20-18(22)15-9-8-10-16(13-15)27(24,25)21-11-6-4-5-7-12-21/h8-10,13-14,17H,4-7,11-12H2,1-3H3,(H,20,22)/t17-/m0/s1. The van der Waals surface area contributed by atoms with Crippen LogP contribution in [-0.2, 0) is 19.6 Å². The predicted molar refractivity (Wildman–Crippen MR) is 102 cm³/mol. The molecule has 0 bridgehead atoms. The van der Waals surface area contributed by atoms with E-state index >= 15 is 0 Å². The van der Waals surface area contributed by atoms with Crippen LogP contribution >= 0.6 is 0 Å². The van der Waals surface area contributed by atoms with Gasteiger partial charge in [-0.3, -0.25) is 4.79 Å². The van der Waals surface area contributed by atoms with Gasteiger partial charge in [-0.2, -0.15) is 4.31 Å². The highest BCUT2D eigenvalue weighted by Crippen LogP contribution is 2.21. The fourth-order valence-electron chi connectivity index (χ4n) is 3.08. The molecule has 7 nitrogen and oxygen atoms in total. The molecule has 0 radical (unpaired) electrons. The van der Waals surface area contributed by atoms with Crippen molar-refractivity contribution in [2.24, 2.45) is 5.92 Å². The number of hydrogen-bond donors (Lipinski definition) is 1. The molecule has 0 aliphatic carbocycles. The Morgan fingerprint density at radius 1 is 1.11 bits per heavy atom. The lowest BCUT2D eigenvalue weighted by Gasteiger charge is -2.21. The van der Waals surface area contributed by atoms with Crippen molar-refractivity contribution in [3.05, 3.63) is 29.8 Å². The summed E-state index contributed by atoms with van der Waals surface area (Å²) in [5.74, 6) is -1.20. The third-order valence-corrected chi connectivity index (χ3v) is 6.60. The van der Waals surface area contributed by atoms with Crippen molar-refractivity contribution >= 4 is 21.9 Å². The first-order valence-electron chi connectivity index (χ1n) is 9.26. The Bertz CT molecular complexity index is 768. The van der Waals surface area contributed by atoms with Crippen LogP contribution in [0.15, 0.2) is 29.2 Å². The zero-order valence-electron chi connectivity index (χ0n) is 16.1. The van der Waals surface area contributed by atoms with Crippen LogP contribution in [0.4, 0.5) is 0 Å². The van der Waals surface area contributed by atoms with Gasteiger partial charge in [0.25, 0.3) is 5.91 Å². The molecule has 1 saturated heterocycles. The van der Waals surface area contributed by atoms with Gasteiger partial charge in [-0.25, -0.2) is 13.2 Å². The molecule has 1 aliphatic rings. The molecule has 1 fully saturated rings. The minimum absolute atomic E-state index is 0.0937. The second-order valence-electron chi connectivity index (χ2n) is 7.06. The summed E-state index contributed by atoms with van der Waals surface area (Å²) in [5.41, 5.74) is 0.195. The summed E-state index contributed by atoms with van der Waals surface area (Å²) in [5, 5.41) is 2.63. The van der Waals surface area contributed by atoms with Gasteiger partial charge in [-0.1, -0.05) is 32.8 Å². The first-order chi connectivity index (χ1) is 12.8. The first kappa shape index (κ1) is 21.4. The molecule has 1 atom stereocenters. The molecule has 1 aromatic carbocycles. The minimum Gasteiger partial charge on any atom is -0.467 e. The Hall–Kier alpha value is -1.93. The maximum absolute atomic E-state index is 12.9. The molecule has 0 unspecified atom stereocenters. The second kappa shape index (κ2) is 9.32. The number of rotatable bonds is 6. The van der Waals surface area contributed by atoms with Gasteiger partial charge in [0.1, 0.15) is 6.04 Å². The lowest BCUT2D eigenvalue weighted by molar-refractivity contribution is -0.144. The molecule has 0 spiro atoms. The summed E-state index contributed by atoms with van der Waals surface area (Å²) >= 11 is 0. The number of ether oxygens (including phenoxy) is 1. The van der Waals surface area contributed by atoms with Crippen LogP contribution in [0.25, 0.3) is 0 Å². The van der Waals surface area contributed by atoms with Crippen molar-refractivity contribution in [3.63, 3.8) is 0 Å². The van der Waals surface area contributed by atoms with Gasteiger partial charge in [-0.05, 0) is 37.0 Å². The van der Waals surface area contributed by atoms with Crippen LogP contribution in [0.5, 0.6) is 0 Å². The molecule has 27 heavy (non-hydrogen) atoms. The predicted octanol–water partition coefficient (Wildman–Crippen LogP) is 2.18. The van der Waals surface area contributed by atoms with Gasteiger partial charge in [0, 0.05) is 18.7 Å². The molecule has 1 aliphatic heterocycles. The monoisotopic (exact) mass is 396 g/mol. The summed E-state index contributed by atoms with van der Waals surface area (Å²) in [4.78, 5) is 24.5. The van der Waals surface area contributed by atoms with Crippen molar-refractivity contribution in [1.29, 1.82) is 0 Å². The Morgan fingerprint density at radius 3 is 2.30 bits per heavy atom. The van der Waals surface area contributed by atoms with E-state index in [1.165, 1.54) is 29.6 Å². The number of hydrogen-bond acceptors (Lipinski definition) is 5. The molecule has 2 rings (SSSR count). The van der Waals surface area contributed by atoms with Crippen molar-refractivity contribution in [2.45, 2.75) is 50.5 Å². The van der Waals surface area contributed by atoms with E-state index in [-0.39, 0.29) is 16.4 Å². The highest BCUT2D eigenvalue weighted by molar-refractivity contribution is 7.89. The summed E-state index contributed by atoms with van der Waals surface area (Å²) in [6.07, 6.45) is 3.74. The number of nitrogens with one attached hydrogen (secondary N) is 1. The number of nitrogens with zero attached hydrogens (tertiary/aromatic N) is 1. The number of esters is 1. The van der Waals surface area contributed by atoms with Crippen LogP contribution in [0.2, 0.25) is 0 Å². The fourth-order valence-corrected chi connectivity index (χ4v) is 4.64. The summed E-state index contributed by atoms with van der Waals surface area (Å²) in [6, 6.07) is 5.14. The van der Waals surface area contributed by atoms with E-state index in [9.17, 15) is 18.0 Å². The van der Waals surface area contributed by atoms with Gasteiger partial charge in [0.15, 0.2) is 0 Å². The molecular weight excluding hydrogens is 368 g/mol. The van der Waals surface area contributed by atoms with Gasteiger partial charge >= 0.3 is 5.97 Å². The number of carbonyl (C=O) groups excluding carboxylic acids is 2. The summed E-state index contributed by atoms with van der Waals surface area (Å²) < 4.78 is 32.1. The van der Waals surface area contributed by atoms with E-state index in [4.69, 9.17) is 4.74 Å². The zero-order chi connectivity index (χ0) is 20.0. The Morgan fingerprint density at radius 2 is 1.74 bits per heavy atom. The lowest BCUT2D eigenvalue weighted by atomic mass is 10.0. The molecule has 0 saturated carbocycles. The average molecular weight is 397 g/mol. The fraction of sp³-hybridized carbons (Fsp3) is 0.579. The van der Waals surface area contributed by atoms with E-state index in [0.29, 0.717) is 13.1 Å². The van der Waals surface area contributed by atoms with E-state index in [0.717, 1.165) is 25.7 Å². The van der Waals surface area contributed by atoms with Gasteiger partial charge in [0.05, 0.1) is 12.0 Å². The van der Waals surface area contributed by atoms with Crippen LogP contribution in [0.1, 0.15) is 49.9 Å². The molecule has 8 heteroatoms. The van der Waals surface area contributed by atoms with E-state index in [2.05, 4.69) is 5.32 Å². The highest BCUT2D eigenvalue weighted by Gasteiger charge is 2.28. The second-order valence-corrected chi connectivity index (χ2v) is 9.00.